The van der Waals surface area contributed by atoms with E-state index in [1.807, 2.05) is 22.8 Å². The molecule has 1 aromatic carbocycles. The van der Waals surface area contributed by atoms with Crippen molar-refractivity contribution in [2.45, 2.75) is 49.2 Å². The lowest BCUT2D eigenvalue weighted by atomic mass is 10.2. The summed E-state index contributed by atoms with van der Waals surface area (Å²) < 4.78 is 7.77. The third kappa shape index (κ3) is 4.91. The number of amides is 1. The Labute approximate surface area is 166 Å². The van der Waals surface area contributed by atoms with E-state index in [4.69, 9.17) is 33.7 Å². The van der Waals surface area contributed by atoms with Gasteiger partial charge in [-0.2, -0.15) is 0 Å². The molecule has 0 saturated carbocycles. The predicted octanol–water partition coefficient (Wildman–Crippen LogP) is 3.47. The number of hydrogen-bond donors (Lipinski definition) is 1. The highest BCUT2D eigenvalue weighted by atomic mass is 35.5. The number of hydrogen-bond acceptors (Lipinski definition) is 5. The maximum Gasteiger partial charge on any atom is 0.217 e. The monoisotopic (exact) mass is 414 g/mol. The van der Waals surface area contributed by atoms with Crippen molar-refractivity contribution in [3.8, 4) is 0 Å². The van der Waals surface area contributed by atoms with Gasteiger partial charge >= 0.3 is 0 Å². The van der Waals surface area contributed by atoms with Crippen molar-refractivity contribution < 1.29 is 9.53 Å². The number of thioether (sulfide) groups is 1. The number of benzene rings is 1. The number of aryl methyl sites for hydroxylation is 1. The molecule has 0 spiro atoms. The number of carbonyl (C=O) groups excluding carboxylic acids is 1. The summed E-state index contributed by atoms with van der Waals surface area (Å²) in [6, 6.07) is 5.46. The number of carbonyl (C=O) groups is 1. The molecule has 1 saturated heterocycles. The molecule has 1 fully saturated rings. The number of halogens is 2. The van der Waals surface area contributed by atoms with E-state index < -0.39 is 0 Å². The Hall–Kier alpha value is -1.28. The summed E-state index contributed by atoms with van der Waals surface area (Å²) >= 11 is 14.0. The van der Waals surface area contributed by atoms with Gasteiger partial charge in [0.05, 0.1) is 12.6 Å². The Morgan fingerprint density at radius 1 is 1.35 bits per heavy atom. The quantitative estimate of drug-likeness (QED) is 0.668. The van der Waals surface area contributed by atoms with Gasteiger partial charge < -0.3 is 15.0 Å². The fourth-order valence-corrected chi connectivity index (χ4v) is 4.54. The minimum Gasteiger partial charge on any atom is -0.376 e. The molecule has 2 N–H and O–H groups in total. The highest BCUT2D eigenvalue weighted by Gasteiger charge is 2.21. The van der Waals surface area contributed by atoms with Crippen LogP contribution in [0.1, 0.15) is 30.7 Å². The Morgan fingerprint density at radius 3 is 2.77 bits per heavy atom. The van der Waals surface area contributed by atoms with E-state index >= 15 is 0 Å². The fraction of sp³-hybridized carbons (Fsp3) is 0.471. The van der Waals surface area contributed by atoms with Crippen LogP contribution in [0.3, 0.4) is 0 Å². The fourth-order valence-electron chi connectivity index (χ4n) is 2.83. The van der Waals surface area contributed by atoms with Gasteiger partial charge in [0, 0.05) is 35.2 Å². The zero-order valence-corrected chi connectivity index (χ0v) is 16.5. The van der Waals surface area contributed by atoms with Gasteiger partial charge in [-0.15, -0.1) is 10.2 Å². The van der Waals surface area contributed by atoms with Crippen LogP contribution in [0.15, 0.2) is 23.4 Å². The van der Waals surface area contributed by atoms with Crippen molar-refractivity contribution >= 4 is 40.9 Å². The first-order chi connectivity index (χ1) is 12.5. The molecule has 140 valence electrons. The first-order valence-electron chi connectivity index (χ1n) is 8.42. The number of aromatic nitrogens is 3. The van der Waals surface area contributed by atoms with E-state index in [1.165, 1.54) is 11.8 Å². The first-order valence-corrected chi connectivity index (χ1v) is 10.2. The van der Waals surface area contributed by atoms with Crippen molar-refractivity contribution in [3.05, 3.63) is 39.6 Å². The lowest BCUT2D eigenvalue weighted by Gasteiger charge is -2.15. The molecule has 3 rings (SSSR count). The lowest BCUT2D eigenvalue weighted by Crippen LogP contribution is -2.19. The predicted molar refractivity (Wildman–Crippen MR) is 103 cm³/mol. The first kappa shape index (κ1) is 19.5. The Morgan fingerprint density at radius 2 is 2.12 bits per heavy atom. The van der Waals surface area contributed by atoms with E-state index in [0.29, 0.717) is 28.8 Å². The smallest absolute Gasteiger partial charge is 0.217 e. The van der Waals surface area contributed by atoms with Crippen molar-refractivity contribution in [3.63, 3.8) is 0 Å². The Kier molecular flexibility index (Phi) is 6.80. The second-order valence-corrected chi connectivity index (χ2v) is 7.86. The molecule has 1 aliphatic heterocycles. The normalized spacial score (nSPS) is 16.9. The average Bonchev–Trinajstić information content (AvgIpc) is 3.23. The number of primary amides is 1. The molecule has 26 heavy (non-hydrogen) atoms. The highest BCUT2D eigenvalue weighted by Crippen LogP contribution is 2.31. The molecule has 1 aliphatic rings. The summed E-state index contributed by atoms with van der Waals surface area (Å²) in [5, 5.41) is 10.6. The second kappa shape index (κ2) is 9.08. The molecular formula is C17H20Cl2N4O2S. The van der Waals surface area contributed by atoms with E-state index in [9.17, 15) is 4.79 Å². The molecule has 1 amide bonds. The topological polar surface area (TPSA) is 83.0 Å². The van der Waals surface area contributed by atoms with Gasteiger partial charge in [0.1, 0.15) is 5.82 Å². The number of nitrogens with zero attached hydrogens (tertiary/aromatic N) is 3. The van der Waals surface area contributed by atoms with Crippen LogP contribution in [0.2, 0.25) is 10.0 Å². The summed E-state index contributed by atoms with van der Waals surface area (Å²) in [5.41, 5.74) is 6.14. The summed E-state index contributed by atoms with van der Waals surface area (Å²) in [7, 11) is 0. The van der Waals surface area contributed by atoms with Crippen molar-refractivity contribution in [2.75, 3.05) is 6.61 Å². The zero-order valence-electron chi connectivity index (χ0n) is 14.2. The molecule has 0 bridgehead atoms. The molecule has 1 aromatic heterocycles. The van der Waals surface area contributed by atoms with Gasteiger partial charge in [-0.3, -0.25) is 4.79 Å². The van der Waals surface area contributed by atoms with Gasteiger partial charge in [0.15, 0.2) is 5.16 Å². The van der Waals surface area contributed by atoms with Gasteiger partial charge in [-0.25, -0.2) is 0 Å². The minimum absolute atomic E-state index is 0.140. The summed E-state index contributed by atoms with van der Waals surface area (Å²) in [6.45, 7) is 1.45. The highest BCUT2D eigenvalue weighted by molar-refractivity contribution is 7.98. The molecule has 0 aliphatic carbocycles. The van der Waals surface area contributed by atoms with Gasteiger partial charge in [-0.05, 0) is 30.5 Å². The summed E-state index contributed by atoms with van der Waals surface area (Å²) in [6.07, 6.45) is 2.91. The zero-order chi connectivity index (χ0) is 18.5. The third-order valence-electron chi connectivity index (χ3n) is 4.21. The van der Waals surface area contributed by atoms with Crippen molar-refractivity contribution in [1.29, 1.82) is 0 Å². The van der Waals surface area contributed by atoms with Gasteiger partial charge in [-0.1, -0.05) is 41.0 Å². The maximum absolute atomic E-state index is 11.1. The molecule has 1 unspecified atom stereocenters. The Balaban J connectivity index is 1.77. The van der Waals surface area contributed by atoms with Crippen LogP contribution in [0, 0.1) is 0 Å². The SMILES string of the molecule is NC(=O)CCc1nnc(SCc2c(Cl)cccc2Cl)n1CC1CCCO1. The molecule has 2 heterocycles. The number of nitrogens with two attached hydrogens (primary N) is 1. The van der Waals surface area contributed by atoms with Crippen LogP contribution < -0.4 is 5.73 Å². The van der Waals surface area contributed by atoms with Crippen molar-refractivity contribution in [1.82, 2.24) is 14.8 Å². The van der Waals surface area contributed by atoms with Crippen LogP contribution in [0.25, 0.3) is 0 Å². The van der Waals surface area contributed by atoms with Crippen LogP contribution >= 0.6 is 35.0 Å². The Bertz CT molecular complexity index is 758. The van der Waals surface area contributed by atoms with E-state index in [0.717, 1.165) is 36.0 Å². The molecule has 9 heteroatoms. The van der Waals surface area contributed by atoms with E-state index in [1.54, 1.807) is 0 Å². The molecule has 6 nitrogen and oxygen atoms in total. The lowest BCUT2D eigenvalue weighted by molar-refractivity contribution is -0.118. The van der Waals surface area contributed by atoms with Gasteiger partial charge in [0.2, 0.25) is 5.91 Å². The molecular weight excluding hydrogens is 395 g/mol. The van der Waals surface area contributed by atoms with Gasteiger partial charge in [0.25, 0.3) is 0 Å². The third-order valence-corrected chi connectivity index (χ3v) is 5.91. The minimum atomic E-state index is -0.353. The number of ether oxygens (including phenoxy) is 1. The van der Waals surface area contributed by atoms with Crippen LogP contribution in [-0.4, -0.2) is 33.4 Å². The van der Waals surface area contributed by atoms with Crippen LogP contribution in [0.4, 0.5) is 0 Å². The standard InChI is InChI=1S/C17H20Cl2N4O2S/c18-13-4-1-5-14(19)12(13)10-26-17-22-21-16(7-6-15(20)24)23(17)9-11-3-2-8-25-11/h1,4-5,11H,2-3,6-10H2,(H2,20,24). The maximum atomic E-state index is 11.1. The van der Waals surface area contributed by atoms with Crippen LogP contribution in [0.5, 0.6) is 0 Å². The molecule has 1 atom stereocenters. The summed E-state index contributed by atoms with van der Waals surface area (Å²) in [4.78, 5) is 11.1. The van der Waals surface area contributed by atoms with Crippen molar-refractivity contribution in [2.24, 2.45) is 5.73 Å². The number of rotatable bonds is 8. The summed E-state index contributed by atoms with van der Waals surface area (Å²) in [5.74, 6) is 0.971. The van der Waals surface area contributed by atoms with E-state index in [2.05, 4.69) is 10.2 Å². The van der Waals surface area contributed by atoms with Crippen LogP contribution in [-0.2, 0) is 28.2 Å². The average molecular weight is 415 g/mol. The molecule has 0 radical (unpaired) electrons. The molecule has 2 aromatic rings. The largest absolute Gasteiger partial charge is 0.376 e. The van der Waals surface area contributed by atoms with E-state index in [-0.39, 0.29) is 18.4 Å². The second-order valence-electron chi connectivity index (χ2n) is 6.10.